The fourth-order valence-electron chi connectivity index (χ4n) is 2.72. The van der Waals surface area contributed by atoms with Gasteiger partial charge in [0.05, 0.1) is 11.0 Å². The van der Waals surface area contributed by atoms with Gasteiger partial charge in [0.15, 0.2) is 0 Å². The molecule has 3 heteroatoms. The van der Waals surface area contributed by atoms with Gasteiger partial charge in [-0.15, -0.1) is 0 Å². The molecule has 2 aromatic carbocycles. The van der Waals surface area contributed by atoms with Crippen molar-refractivity contribution >= 4 is 11.0 Å². The second kappa shape index (κ2) is 5.34. The summed E-state index contributed by atoms with van der Waals surface area (Å²) in [5.74, 6) is 1.03. The number of rotatable bonds is 3. The quantitative estimate of drug-likeness (QED) is 0.792. The van der Waals surface area contributed by atoms with Gasteiger partial charge in [-0.3, -0.25) is 0 Å². The highest BCUT2D eigenvalue weighted by molar-refractivity contribution is 5.81. The molecule has 2 N–H and O–H groups in total. The lowest BCUT2D eigenvalue weighted by Gasteiger charge is -2.08. The molecule has 3 nitrogen and oxygen atoms in total. The van der Waals surface area contributed by atoms with E-state index in [1.54, 1.807) is 0 Å². The van der Waals surface area contributed by atoms with E-state index >= 15 is 0 Å². The van der Waals surface area contributed by atoms with E-state index in [1.165, 1.54) is 22.2 Å². The Balaban J connectivity index is 2.23. The van der Waals surface area contributed by atoms with Gasteiger partial charge in [0.2, 0.25) is 0 Å². The topological polar surface area (TPSA) is 43.8 Å². The summed E-state index contributed by atoms with van der Waals surface area (Å²) in [6.45, 7) is 7.89. The van der Waals surface area contributed by atoms with Gasteiger partial charge < -0.3 is 10.3 Å². The molecule has 0 saturated carbocycles. The van der Waals surface area contributed by atoms with Crippen LogP contribution in [0.1, 0.15) is 23.6 Å². The first-order valence-electron chi connectivity index (χ1n) is 7.41. The monoisotopic (exact) mass is 279 g/mol. The highest BCUT2D eigenvalue weighted by atomic mass is 15.1. The molecule has 0 aliphatic carbocycles. The van der Waals surface area contributed by atoms with E-state index in [2.05, 4.69) is 61.7 Å². The van der Waals surface area contributed by atoms with Crippen molar-refractivity contribution in [3.05, 3.63) is 53.1 Å². The van der Waals surface area contributed by atoms with Crippen molar-refractivity contribution in [1.82, 2.24) is 9.55 Å². The molecule has 0 spiro atoms. The van der Waals surface area contributed by atoms with Crippen molar-refractivity contribution in [3.8, 4) is 11.4 Å². The van der Waals surface area contributed by atoms with E-state index in [1.807, 2.05) is 0 Å². The molecule has 108 valence electrons. The number of benzene rings is 2. The Hall–Kier alpha value is -2.13. The first-order valence-corrected chi connectivity index (χ1v) is 7.41. The van der Waals surface area contributed by atoms with Crippen molar-refractivity contribution in [1.29, 1.82) is 0 Å². The first kappa shape index (κ1) is 13.8. The Labute approximate surface area is 125 Å². The Morgan fingerprint density at radius 1 is 1.05 bits per heavy atom. The summed E-state index contributed by atoms with van der Waals surface area (Å²) in [6, 6.07) is 12.8. The zero-order valence-corrected chi connectivity index (χ0v) is 12.9. The number of nitrogens with two attached hydrogens (primary N) is 1. The molecular weight excluding hydrogens is 258 g/mol. The lowest BCUT2D eigenvalue weighted by atomic mass is 10.1. The second-order valence-corrected chi connectivity index (χ2v) is 5.51. The zero-order chi connectivity index (χ0) is 15.0. The first-order chi connectivity index (χ1) is 10.1. The van der Waals surface area contributed by atoms with Crippen LogP contribution in [0.15, 0.2) is 36.4 Å². The van der Waals surface area contributed by atoms with E-state index in [-0.39, 0.29) is 0 Å². The van der Waals surface area contributed by atoms with E-state index < -0.39 is 0 Å². The molecule has 0 aliphatic heterocycles. The highest BCUT2D eigenvalue weighted by Gasteiger charge is 2.12. The molecule has 0 saturated heterocycles. The maximum absolute atomic E-state index is 5.73. The third-order valence-electron chi connectivity index (χ3n) is 4.13. The standard InChI is InChI=1S/C18H21N3/c1-4-21-17-8-6-14(11-19)10-16(17)20-18(21)15-7-5-12(2)13(3)9-15/h5-10H,4,11,19H2,1-3H3. The molecule has 0 amide bonds. The van der Waals surface area contributed by atoms with Crippen LogP contribution in [0.5, 0.6) is 0 Å². The highest BCUT2D eigenvalue weighted by Crippen LogP contribution is 2.27. The third kappa shape index (κ3) is 2.34. The largest absolute Gasteiger partial charge is 0.326 e. The SMILES string of the molecule is CCn1c(-c2ccc(C)c(C)c2)nc2cc(CN)ccc21. The molecular formula is C18H21N3. The number of hydrogen-bond acceptors (Lipinski definition) is 2. The third-order valence-corrected chi connectivity index (χ3v) is 4.13. The number of nitrogens with zero attached hydrogens (tertiary/aromatic N) is 2. The van der Waals surface area contributed by atoms with Gasteiger partial charge in [-0.05, 0) is 55.7 Å². The number of aryl methyl sites for hydroxylation is 3. The van der Waals surface area contributed by atoms with Gasteiger partial charge in [-0.25, -0.2) is 4.98 Å². The zero-order valence-electron chi connectivity index (χ0n) is 12.9. The summed E-state index contributed by atoms with van der Waals surface area (Å²) in [5.41, 5.74) is 12.8. The van der Waals surface area contributed by atoms with Crippen molar-refractivity contribution < 1.29 is 0 Å². The van der Waals surface area contributed by atoms with Gasteiger partial charge in [-0.2, -0.15) is 0 Å². The number of aromatic nitrogens is 2. The van der Waals surface area contributed by atoms with Crippen LogP contribution in [0.4, 0.5) is 0 Å². The number of imidazole rings is 1. The van der Waals surface area contributed by atoms with Gasteiger partial charge >= 0.3 is 0 Å². The minimum atomic E-state index is 0.550. The lowest BCUT2D eigenvalue weighted by Crippen LogP contribution is -1.98. The fourth-order valence-corrected chi connectivity index (χ4v) is 2.72. The summed E-state index contributed by atoms with van der Waals surface area (Å²) in [4.78, 5) is 4.84. The van der Waals surface area contributed by atoms with E-state index in [0.29, 0.717) is 6.54 Å². The Morgan fingerprint density at radius 2 is 1.86 bits per heavy atom. The van der Waals surface area contributed by atoms with Crippen molar-refractivity contribution in [2.24, 2.45) is 5.73 Å². The summed E-state index contributed by atoms with van der Waals surface area (Å²) >= 11 is 0. The minimum absolute atomic E-state index is 0.550. The molecule has 3 aromatic rings. The van der Waals surface area contributed by atoms with Crippen LogP contribution in [0.2, 0.25) is 0 Å². The average molecular weight is 279 g/mol. The minimum Gasteiger partial charge on any atom is -0.326 e. The summed E-state index contributed by atoms with van der Waals surface area (Å²) in [7, 11) is 0. The predicted octanol–water partition coefficient (Wildman–Crippen LogP) is 3.80. The van der Waals surface area contributed by atoms with E-state index in [4.69, 9.17) is 10.7 Å². The van der Waals surface area contributed by atoms with Crippen LogP contribution in [0.3, 0.4) is 0 Å². The van der Waals surface area contributed by atoms with Crippen molar-refractivity contribution in [2.45, 2.75) is 33.9 Å². The van der Waals surface area contributed by atoms with E-state index in [0.717, 1.165) is 23.4 Å². The van der Waals surface area contributed by atoms with Gasteiger partial charge in [0.25, 0.3) is 0 Å². The van der Waals surface area contributed by atoms with Gasteiger partial charge in [-0.1, -0.05) is 18.2 Å². The molecule has 21 heavy (non-hydrogen) atoms. The molecule has 0 fully saturated rings. The van der Waals surface area contributed by atoms with Crippen LogP contribution >= 0.6 is 0 Å². The maximum atomic E-state index is 5.73. The van der Waals surface area contributed by atoms with Crippen LogP contribution in [0, 0.1) is 13.8 Å². The van der Waals surface area contributed by atoms with Crippen molar-refractivity contribution in [3.63, 3.8) is 0 Å². The number of hydrogen-bond donors (Lipinski definition) is 1. The Morgan fingerprint density at radius 3 is 2.52 bits per heavy atom. The van der Waals surface area contributed by atoms with E-state index in [9.17, 15) is 0 Å². The van der Waals surface area contributed by atoms with Crippen LogP contribution < -0.4 is 5.73 Å². The molecule has 0 unspecified atom stereocenters. The summed E-state index contributed by atoms with van der Waals surface area (Å²) < 4.78 is 2.26. The van der Waals surface area contributed by atoms with Gasteiger partial charge in [0, 0.05) is 18.7 Å². The van der Waals surface area contributed by atoms with Crippen molar-refractivity contribution in [2.75, 3.05) is 0 Å². The van der Waals surface area contributed by atoms with Gasteiger partial charge in [0.1, 0.15) is 5.82 Å². The second-order valence-electron chi connectivity index (χ2n) is 5.51. The van der Waals surface area contributed by atoms with Crippen LogP contribution in [-0.4, -0.2) is 9.55 Å². The molecule has 3 rings (SSSR count). The molecule has 1 heterocycles. The summed E-state index contributed by atoms with van der Waals surface area (Å²) in [6.07, 6.45) is 0. The molecule has 0 radical (unpaired) electrons. The molecule has 0 bridgehead atoms. The normalized spacial score (nSPS) is 11.2. The molecule has 0 aliphatic rings. The van der Waals surface area contributed by atoms with Crippen LogP contribution in [0.25, 0.3) is 22.4 Å². The fraction of sp³-hybridized carbons (Fsp3) is 0.278. The number of fused-ring (bicyclic) bond motifs is 1. The lowest BCUT2D eigenvalue weighted by molar-refractivity contribution is 0.796. The molecule has 1 aromatic heterocycles. The maximum Gasteiger partial charge on any atom is 0.141 e. The Kier molecular flexibility index (Phi) is 3.52. The smallest absolute Gasteiger partial charge is 0.141 e. The molecule has 0 atom stereocenters. The Bertz CT molecular complexity index is 800. The van der Waals surface area contributed by atoms with Crippen LogP contribution in [-0.2, 0) is 13.1 Å². The average Bonchev–Trinajstić information content (AvgIpc) is 2.87. The summed E-state index contributed by atoms with van der Waals surface area (Å²) in [5, 5.41) is 0. The predicted molar refractivity (Wildman–Crippen MR) is 88.2 cm³/mol.